The quantitative estimate of drug-likeness (QED) is 0.820. The maximum absolute atomic E-state index is 12.5. The molecule has 0 spiro atoms. The largest absolute Gasteiger partial charge is 0.444 e. The van der Waals surface area contributed by atoms with Gasteiger partial charge >= 0.3 is 6.09 Å². The highest BCUT2D eigenvalue weighted by Crippen LogP contribution is 2.14. The zero-order valence-electron chi connectivity index (χ0n) is 15.5. The van der Waals surface area contributed by atoms with Crippen molar-refractivity contribution in [3.05, 3.63) is 30.1 Å². The molecular formula is C19H29N3O3. The Labute approximate surface area is 150 Å². The molecule has 0 unspecified atom stereocenters. The highest BCUT2D eigenvalue weighted by molar-refractivity contribution is 5.77. The van der Waals surface area contributed by atoms with E-state index in [0.717, 1.165) is 31.5 Å². The highest BCUT2D eigenvalue weighted by atomic mass is 16.6. The number of likely N-dealkylation sites (tertiary alicyclic amines) is 1. The predicted octanol–water partition coefficient (Wildman–Crippen LogP) is 3.22. The molecule has 25 heavy (non-hydrogen) atoms. The van der Waals surface area contributed by atoms with Crippen molar-refractivity contribution in [1.29, 1.82) is 0 Å². The minimum Gasteiger partial charge on any atom is -0.444 e. The van der Waals surface area contributed by atoms with E-state index in [1.54, 1.807) is 17.3 Å². The first-order chi connectivity index (χ1) is 11.8. The van der Waals surface area contributed by atoms with Gasteiger partial charge in [0.25, 0.3) is 0 Å². The van der Waals surface area contributed by atoms with Crippen molar-refractivity contribution in [3.8, 4) is 0 Å². The van der Waals surface area contributed by atoms with Crippen molar-refractivity contribution in [2.75, 3.05) is 19.6 Å². The lowest BCUT2D eigenvalue weighted by molar-refractivity contribution is -0.132. The van der Waals surface area contributed by atoms with Crippen molar-refractivity contribution in [3.63, 3.8) is 0 Å². The van der Waals surface area contributed by atoms with Crippen LogP contribution < -0.4 is 0 Å². The molecule has 6 heteroatoms. The van der Waals surface area contributed by atoms with Crippen molar-refractivity contribution in [1.82, 2.24) is 14.8 Å². The lowest BCUT2D eigenvalue weighted by atomic mass is 10.1. The maximum Gasteiger partial charge on any atom is 0.410 e. The van der Waals surface area contributed by atoms with Crippen molar-refractivity contribution in [2.24, 2.45) is 0 Å². The third-order valence-electron chi connectivity index (χ3n) is 4.08. The van der Waals surface area contributed by atoms with Gasteiger partial charge in [-0.3, -0.25) is 9.78 Å². The fourth-order valence-electron chi connectivity index (χ4n) is 2.80. The Morgan fingerprint density at radius 3 is 2.40 bits per heavy atom. The van der Waals surface area contributed by atoms with Crippen LogP contribution in [0.2, 0.25) is 0 Å². The Bertz CT molecular complexity index is 563. The second-order valence-corrected chi connectivity index (χ2v) is 7.45. The highest BCUT2D eigenvalue weighted by Gasteiger charge is 2.24. The summed E-state index contributed by atoms with van der Waals surface area (Å²) in [5, 5.41) is 0. The van der Waals surface area contributed by atoms with Crippen molar-refractivity contribution >= 4 is 12.0 Å². The van der Waals surface area contributed by atoms with Gasteiger partial charge in [-0.25, -0.2) is 4.79 Å². The number of hydrogen-bond donors (Lipinski definition) is 0. The molecule has 2 amide bonds. The van der Waals surface area contributed by atoms with Crippen molar-refractivity contribution in [2.45, 2.75) is 58.6 Å². The average molecular weight is 347 g/mol. The van der Waals surface area contributed by atoms with Crippen LogP contribution in [0.15, 0.2) is 24.5 Å². The van der Waals surface area contributed by atoms with Crippen LogP contribution in [0.25, 0.3) is 0 Å². The van der Waals surface area contributed by atoms with Crippen LogP contribution in [0, 0.1) is 0 Å². The first-order valence-corrected chi connectivity index (χ1v) is 9.00. The van der Waals surface area contributed by atoms with Gasteiger partial charge in [0, 0.05) is 45.0 Å². The smallest absolute Gasteiger partial charge is 0.410 e. The molecule has 2 rings (SSSR count). The number of carbonyl (C=O) groups excluding carboxylic acids is 2. The molecule has 1 aliphatic rings. The molecule has 0 bridgehead atoms. The Balaban J connectivity index is 1.97. The molecule has 1 aromatic rings. The second kappa shape index (κ2) is 8.83. The SMILES string of the molecule is CC(C)(C)OC(=O)N(CCC(=O)N1CCCCC1)Cc1ccncc1. The third kappa shape index (κ3) is 6.72. The number of nitrogens with zero attached hydrogens (tertiary/aromatic N) is 3. The van der Waals surface area contributed by atoms with Gasteiger partial charge in [0.15, 0.2) is 0 Å². The molecule has 2 heterocycles. The first kappa shape index (κ1) is 19.2. The van der Waals surface area contributed by atoms with E-state index in [0.29, 0.717) is 19.5 Å². The summed E-state index contributed by atoms with van der Waals surface area (Å²) >= 11 is 0. The summed E-state index contributed by atoms with van der Waals surface area (Å²) in [4.78, 5) is 32.4. The van der Waals surface area contributed by atoms with E-state index in [-0.39, 0.29) is 5.91 Å². The van der Waals surface area contributed by atoms with Crippen LogP contribution in [-0.4, -0.2) is 52.0 Å². The predicted molar refractivity (Wildman–Crippen MR) is 95.9 cm³/mol. The Kier molecular flexibility index (Phi) is 6.79. The van der Waals surface area contributed by atoms with E-state index in [2.05, 4.69) is 4.98 Å². The van der Waals surface area contributed by atoms with Gasteiger partial charge in [-0.15, -0.1) is 0 Å². The lowest BCUT2D eigenvalue weighted by Crippen LogP contribution is -2.40. The fourth-order valence-corrected chi connectivity index (χ4v) is 2.80. The number of carbonyl (C=O) groups is 2. The van der Waals surface area contributed by atoms with Gasteiger partial charge in [0.1, 0.15) is 5.60 Å². The van der Waals surface area contributed by atoms with E-state index >= 15 is 0 Å². The minimum absolute atomic E-state index is 0.114. The summed E-state index contributed by atoms with van der Waals surface area (Å²) in [5.74, 6) is 0.114. The van der Waals surface area contributed by atoms with E-state index in [4.69, 9.17) is 4.74 Å². The van der Waals surface area contributed by atoms with Gasteiger partial charge in [-0.1, -0.05) is 0 Å². The average Bonchev–Trinajstić information content (AvgIpc) is 2.58. The lowest BCUT2D eigenvalue weighted by Gasteiger charge is -2.30. The monoisotopic (exact) mass is 347 g/mol. The second-order valence-electron chi connectivity index (χ2n) is 7.45. The topological polar surface area (TPSA) is 62.7 Å². The molecular weight excluding hydrogens is 318 g/mol. The number of pyridine rings is 1. The molecule has 138 valence electrons. The zero-order chi connectivity index (χ0) is 18.3. The van der Waals surface area contributed by atoms with E-state index in [9.17, 15) is 9.59 Å². The summed E-state index contributed by atoms with van der Waals surface area (Å²) in [6.45, 7) is 7.94. The Morgan fingerprint density at radius 1 is 1.16 bits per heavy atom. The van der Waals surface area contributed by atoms with Crippen LogP contribution >= 0.6 is 0 Å². The molecule has 0 atom stereocenters. The number of piperidine rings is 1. The molecule has 0 N–H and O–H groups in total. The van der Waals surface area contributed by atoms with E-state index in [1.165, 1.54) is 6.42 Å². The third-order valence-corrected chi connectivity index (χ3v) is 4.08. The molecule has 1 fully saturated rings. The van der Waals surface area contributed by atoms with Crippen LogP contribution in [-0.2, 0) is 16.1 Å². The molecule has 6 nitrogen and oxygen atoms in total. The molecule has 0 aliphatic carbocycles. The number of ether oxygens (including phenoxy) is 1. The number of hydrogen-bond acceptors (Lipinski definition) is 4. The molecule has 0 radical (unpaired) electrons. The van der Waals surface area contributed by atoms with Gasteiger partial charge in [-0.05, 0) is 57.7 Å². The molecule has 1 aliphatic heterocycles. The minimum atomic E-state index is -0.565. The summed E-state index contributed by atoms with van der Waals surface area (Å²) in [6, 6.07) is 3.73. The summed E-state index contributed by atoms with van der Waals surface area (Å²) in [6.07, 6.45) is 6.65. The van der Waals surface area contributed by atoms with Crippen LogP contribution in [0.3, 0.4) is 0 Å². The van der Waals surface area contributed by atoms with Crippen LogP contribution in [0.1, 0.15) is 52.0 Å². The van der Waals surface area contributed by atoms with Crippen LogP contribution in [0.5, 0.6) is 0 Å². The maximum atomic E-state index is 12.5. The van der Waals surface area contributed by atoms with Gasteiger partial charge in [0.05, 0.1) is 0 Å². The number of amides is 2. The molecule has 0 saturated carbocycles. The fraction of sp³-hybridized carbons (Fsp3) is 0.632. The summed E-state index contributed by atoms with van der Waals surface area (Å²) in [7, 11) is 0. The Morgan fingerprint density at radius 2 is 1.80 bits per heavy atom. The normalized spacial score (nSPS) is 14.9. The summed E-state index contributed by atoms with van der Waals surface area (Å²) < 4.78 is 5.50. The summed E-state index contributed by atoms with van der Waals surface area (Å²) in [5.41, 5.74) is 0.399. The van der Waals surface area contributed by atoms with E-state index in [1.807, 2.05) is 37.8 Å². The molecule has 1 aromatic heterocycles. The number of aromatic nitrogens is 1. The van der Waals surface area contributed by atoms with Gasteiger partial charge in [0.2, 0.25) is 5.91 Å². The zero-order valence-corrected chi connectivity index (χ0v) is 15.5. The van der Waals surface area contributed by atoms with E-state index < -0.39 is 11.7 Å². The Hall–Kier alpha value is -2.11. The molecule has 1 saturated heterocycles. The van der Waals surface area contributed by atoms with Gasteiger partial charge < -0.3 is 14.5 Å². The first-order valence-electron chi connectivity index (χ1n) is 9.00. The number of rotatable bonds is 5. The van der Waals surface area contributed by atoms with Gasteiger partial charge in [-0.2, -0.15) is 0 Å². The molecule has 0 aromatic carbocycles. The van der Waals surface area contributed by atoms with Crippen LogP contribution in [0.4, 0.5) is 4.79 Å². The standard InChI is InChI=1S/C19H29N3O3/c1-19(2,3)25-18(24)22(15-16-7-10-20-11-8-16)14-9-17(23)21-12-5-4-6-13-21/h7-8,10-11H,4-6,9,12-15H2,1-3H3. The van der Waals surface area contributed by atoms with Crippen molar-refractivity contribution < 1.29 is 14.3 Å².